The zero-order valence-corrected chi connectivity index (χ0v) is 9.17. The molecule has 1 nitrogen and oxygen atoms in total. The molecule has 12 heavy (non-hydrogen) atoms. The number of rotatable bonds is 5. The van der Waals surface area contributed by atoms with Crippen LogP contribution in [0.1, 0.15) is 27.7 Å². The van der Waals surface area contributed by atoms with Crippen molar-refractivity contribution in [1.82, 2.24) is 4.90 Å². The molecule has 0 aromatic heterocycles. The summed E-state index contributed by atoms with van der Waals surface area (Å²) in [5.41, 5.74) is 0. The van der Waals surface area contributed by atoms with Gasteiger partial charge in [0.05, 0.1) is 0 Å². The van der Waals surface area contributed by atoms with Crippen LogP contribution in [-0.4, -0.2) is 25.0 Å². The smallest absolute Gasteiger partial charge is 0.0160 e. The van der Waals surface area contributed by atoms with Gasteiger partial charge in [0.1, 0.15) is 0 Å². The van der Waals surface area contributed by atoms with Gasteiger partial charge in [0.15, 0.2) is 0 Å². The summed E-state index contributed by atoms with van der Waals surface area (Å²) in [5, 5.41) is 0. The van der Waals surface area contributed by atoms with Gasteiger partial charge in [0.25, 0.3) is 0 Å². The summed E-state index contributed by atoms with van der Waals surface area (Å²) in [7, 11) is 2.17. The van der Waals surface area contributed by atoms with E-state index in [4.69, 9.17) is 0 Å². The molecule has 72 valence electrons. The fraction of sp³-hybridized carbons (Fsp3) is 0.818. The number of likely N-dealkylation sites (N-methyl/N-ethyl adjacent to an activating group) is 1. The first-order valence-electron chi connectivity index (χ1n) is 4.87. The zero-order chi connectivity index (χ0) is 9.56. The fourth-order valence-electron chi connectivity index (χ4n) is 1.21. The Kier molecular flexibility index (Phi) is 6.09. The van der Waals surface area contributed by atoms with E-state index >= 15 is 0 Å². The Labute approximate surface area is 77.5 Å². The topological polar surface area (TPSA) is 3.24 Å². The zero-order valence-electron chi connectivity index (χ0n) is 9.17. The average Bonchev–Trinajstić information content (AvgIpc) is 1.84. The second kappa shape index (κ2) is 6.24. The molecule has 0 bridgehead atoms. The van der Waals surface area contributed by atoms with E-state index in [9.17, 15) is 0 Å². The lowest BCUT2D eigenvalue weighted by Crippen LogP contribution is -2.23. The standard InChI is InChI=1S/C11H23N/c1-10(2)7-6-8-12(5)9-11(3)4/h6-7,10-11H,8-9H2,1-5H3/b7-6+. The highest BCUT2D eigenvalue weighted by Crippen LogP contribution is 1.97. The first-order chi connectivity index (χ1) is 5.52. The molecule has 0 spiro atoms. The Morgan fingerprint density at radius 1 is 1.17 bits per heavy atom. The highest BCUT2D eigenvalue weighted by molar-refractivity contribution is 4.86. The van der Waals surface area contributed by atoms with Gasteiger partial charge in [-0.3, -0.25) is 0 Å². The molecule has 0 heterocycles. The summed E-state index contributed by atoms with van der Waals surface area (Å²) in [5.74, 6) is 1.44. The minimum absolute atomic E-state index is 0.678. The first kappa shape index (κ1) is 11.7. The van der Waals surface area contributed by atoms with Crippen molar-refractivity contribution in [2.45, 2.75) is 27.7 Å². The molecular formula is C11H23N. The molecule has 0 aromatic rings. The van der Waals surface area contributed by atoms with E-state index in [-0.39, 0.29) is 0 Å². The lowest BCUT2D eigenvalue weighted by Gasteiger charge is -2.16. The Morgan fingerprint density at radius 3 is 2.17 bits per heavy atom. The molecular weight excluding hydrogens is 146 g/mol. The van der Waals surface area contributed by atoms with Gasteiger partial charge in [-0.05, 0) is 18.9 Å². The highest BCUT2D eigenvalue weighted by Gasteiger charge is 1.98. The van der Waals surface area contributed by atoms with Crippen LogP contribution in [0.15, 0.2) is 12.2 Å². The van der Waals surface area contributed by atoms with E-state index in [1.54, 1.807) is 0 Å². The highest BCUT2D eigenvalue weighted by atomic mass is 15.1. The number of hydrogen-bond donors (Lipinski definition) is 0. The summed E-state index contributed by atoms with van der Waals surface area (Å²) in [6.07, 6.45) is 4.52. The third-order valence-electron chi connectivity index (χ3n) is 1.61. The van der Waals surface area contributed by atoms with Gasteiger partial charge in [0.2, 0.25) is 0 Å². The van der Waals surface area contributed by atoms with Crippen molar-refractivity contribution < 1.29 is 0 Å². The van der Waals surface area contributed by atoms with E-state index in [0.717, 1.165) is 12.5 Å². The van der Waals surface area contributed by atoms with Crippen LogP contribution in [0, 0.1) is 11.8 Å². The Hall–Kier alpha value is -0.300. The van der Waals surface area contributed by atoms with Crippen LogP contribution in [0.25, 0.3) is 0 Å². The van der Waals surface area contributed by atoms with Gasteiger partial charge in [0, 0.05) is 13.1 Å². The Bertz CT molecular complexity index is 125. The van der Waals surface area contributed by atoms with Crippen molar-refractivity contribution in [2.75, 3.05) is 20.1 Å². The molecule has 0 rings (SSSR count). The van der Waals surface area contributed by atoms with Crippen LogP contribution in [0.5, 0.6) is 0 Å². The normalized spacial score (nSPS) is 12.7. The molecule has 0 aliphatic carbocycles. The quantitative estimate of drug-likeness (QED) is 0.572. The molecule has 0 N–H and O–H groups in total. The van der Waals surface area contributed by atoms with E-state index in [1.165, 1.54) is 6.54 Å². The molecule has 0 saturated heterocycles. The van der Waals surface area contributed by atoms with Crippen LogP contribution in [0.3, 0.4) is 0 Å². The summed E-state index contributed by atoms with van der Waals surface area (Å²) >= 11 is 0. The number of allylic oxidation sites excluding steroid dienone is 1. The maximum Gasteiger partial charge on any atom is 0.0160 e. The summed E-state index contributed by atoms with van der Waals surface area (Å²) in [6.45, 7) is 11.2. The first-order valence-corrected chi connectivity index (χ1v) is 4.87. The van der Waals surface area contributed by atoms with E-state index in [1.807, 2.05) is 0 Å². The van der Waals surface area contributed by atoms with Gasteiger partial charge >= 0.3 is 0 Å². The minimum Gasteiger partial charge on any atom is -0.302 e. The van der Waals surface area contributed by atoms with Crippen LogP contribution in [-0.2, 0) is 0 Å². The van der Waals surface area contributed by atoms with Crippen molar-refractivity contribution in [1.29, 1.82) is 0 Å². The van der Waals surface area contributed by atoms with E-state index in [2.05, 4.69) is 51.8 Å². The number of hydrogen-bond acceptors (Lipinski definition) is 1. The average molecular weight is 169 g/mol. The Morgan fingerprint density at radius 2 is 1.75 bits per heavy atom. The van der Waals surface area contributed by atoms with Gasteiger partial charge in [-0.25, -0.2) is 0 Å². The lowest BCUT2D eigenvalue weighted by atomic mass is 10.2. The summed E-state index contributed by atoms with van der Waals surface area (Å²) in [4.78, 5) is 2.35. The fourth-order valence-corrected chi connectivity index (χ4v) is 1.21. The van der Waals surface area contributed by atoms with Gasteiger partial charge in [-0.2, -0.15) is 0 Å². The van der Waals surface area contributed by atoms with E-state index < -0.39 is 0 Å². The van der Waals surface area contributed by atoms with Gasteiger partial charge in [-0.1, -0.05) is 39.8 Å². The third kappa shape index (κ3) is 7.80. The second-order valence-corrected chi connectivity index (χ2v) is 4.29. The molecule has 0 saturated carbocycles. The molecule has 0 radical (unpaired) electrons. The number of nitrogens with zero attached hydrogens (tertiary/aromatic N) is 1. The molecule has 0 aromatic carbocycles. The third-order valence-corrected chi connectivity index (χ3v) is 1.61. The molecule has 0 atom stereocenters. The maximum absolute atomic E-state index is 2.35. The van der Waals surface area contributed by atoms with E-state index in [0.29, 0.717) is 5.92 Å². The predicted molar refractivity (Wildman–Crippen MR) is 56.3 cm³/mol. The molecule has 0 aliphatic rings. The predicted octanol–water partition coefficient (Wildman–Crippen LogP) is 2.79. The molecule has 1 heteroatoms. The van der Waals surface area contributed by atoms with Crippen LogP contribution >= 0.6 is 0 Å². The summed E-state index contributed by atoms with van der Waals surface area (Å²) in [6, 6.07) is 0. The molecule has 0 fully saturated rings. The molecule has 0 aliphatic heterocycles. The second-order valence-electron chi connectivity index (χ2n) is 4.29. The van der Waals surface area contributed by atoms with Crippen LogP contribution < -0.4 is 0 Å². The molecule has 0 amide bonds. The SMILES string of the molecule is CC(C)/C=C/CN(C)CC(C)C. The van der Waals surface area contributed by atoms with Crippen molar-refractivity contribution in [2.24, 2.45) is 11.8 Å². The maximum atomic E-state index is 2.35. The van der Waals surface area contributed by atoms with Crippen molar-refractivity contribution in [3.05, 3.63) is 12.2 Å². The lowest BCUT2D eigenvalue weighted by molar-refractivity contribution is 0.323. The largest absolute Gasteiger partial charge is 0.302 e. The van der Waals surface area contributed by atoms with Gasteiger partial charge < -0.3 is 4.90 Å². The minimum atomic E-state index is 0.678. The van der Waals surface area contributed by atoms with Crippen LogP contribution in [0.2, 0.25) is 0 Å². The Balaban J connectivity index is 3.49. The molecule has 0 unspecified atom stereocenters. The van der Waals surface area contributed by atoms with Crippen molar-refractivity contribution in [3.8, 4) is 0 Å². The summed E-state index contributed by atoms with van der Waals surface area (Å²) < 4.78 is 0. The van der Waals surface area contributed by atoms with Crippen LogP contribution in [0.4, 0.5) is 0 Å². The van der Waals surface area contributed by atoms with Crippen molar-refractivity contribution in [3.63, 3.8) is 0 Å². The van der Waals surface area contributed by atoms with Crippen molar-refractivity contribution >= 4 is 0 Å². The van der Waals surface area contributed by atoms with Gasteiger partial charge in [-0.15, -0.1) is 0 Å². The monoisotopic (exact) mass is 169 g/mol.